The molecule has 0 atom stereocenters. The van der Waals surface area contributed by atoms with Crippen molar-refractivity contribution in [3.05, 3.63) is 60.4 Å². The van der Waals surface area contributed by atoms with Gasteiger partial charge in [0.05, 0.1) is 24.5 Å². The Morgan fingerprint density at radius 1 is 1.30 bits per heavy atom. The van der Waals surface area contributed by atoms with Crippen LogP contribution in [0, 0.1) is 0 Å². The molecule has 1 fully saturated rings. The van der Waals surface area contributed by atoms with Gasteiger partial charge in [0.25, 0.3) is 5.91 Å². The van der Waals surface area contributed by atoms with Gasteiger partial charge in [0.1, 0.15) is 12.3 Å². The molecule has 6 nitrogen and oxygen atoms in total. The number of anilines is 1. The van der Waals surface area contributed by atoms with Crippen LogP contribution in [0.2, 0.25) is 0 Å². The van der Waals surface area contributed by atoms with Crippen molar-refractivity contribution in [3.63, 3.8) is 0 Å². The van der Waals surface area contributed by atoms with Crippen LogP contribution in [0.4, 0.5) is 5.69 Å². The number of aromatic nitrogens is 1. The molecular formula is C17H18N4O2. The largest absolute Gasteiger partial charge is 0.397 e. The number of morpholine rings is 1. The van der Waals surface area contributed by atoms with Crippen molar-refractivity contribution in [3.8, 4) is 0 Å². The molecule has 3 N–H and O–H groups in total. The maximum absolute atomic E-state index is 12.2. The number of carbonyl (C=O) groups excluding carboxylic acids is 1. The molecule has 3 rings (SSSR count). The Morgan fingerprint density at radius 2 is 2.09 bits per heavy atom. The number of hydrogen-bond acceptors (Lipinski definition) is 4. The second-order valence-electron chi connectivity index (χ2n) is 5.15. The summed E-state index contributed by atoms with van der Waals surface area (Å²) in [6.45, 7) is 4.94. The van der Waals surface area contributed by atoms with Gasteiger partial charge in [0.15, 0.2) is 5.84 Å². The summed E-state index contributed by atoms with van der Waals surface area (Å²) in [6, 6.07) is 11.3. The van der Waals surface area contributed by atoms with E-state index in [2.05, 4.69) is 16.6 Å². The first-order chi connectivity index (χ1) is 11.2. The van der Waals surface area contributed by atoms with E-state index in [0.29, 0.717) is 36.1 Å². The number of hydrogen-bond donors (Lipinski definition) is 2. The fourth-order valence-electron chi connectivity index (χ4n) is 2.39. The van der Waals surface area contributed by atoms with Gasteiger partial charge in [0.2, 0.25) is 0 Å². The predicted octanol–water partition coefficient (Wildman–Crippen LogP) is 1.87. The molecule has 1 aliphatic heterocycles. The maximum atomic E-state index is 12.2. The van der Waals surface area contributed by atoms with Gasteiger partial charge >= 0.3 is 0 Å². The molecule has 0 aliphatic carbocycles. The molecule has 0 spiro atoms. The van der Waals surface area contributed by atoms with Gasteiger partial charge in [0, 0.05) is 6.20 Å². The number of benzene rings is 1. The topological polar surface area (TPSA) is 83.7 Å². The number of amidine groups is 1. The average Bonchev–Trinajstić information content (AvgIpc) is 3.00. The normalized spacial score (nSPS) is 15.7. The van der Waals surface area contributed by atoms with Crippen LogP contribution in [-0.4, -0.2) is 41.4 Å². The summed E-state index contributed by atoms with van der Waals surface area (Å²) in [5, 5.41) is 0. The quantitative estimate of drug-likeness (QED) is 0.670. The van der Waals surface area contributed by atoms with Crippen molar-refractivity contribution in [2.45, 2.75) is 0 Å². The molecule has 1 amide bonds. The lowest BCUT2D eigenvalue weighted by atomic mass is 10.2. The second-order valence-corrected chi connectivity index (χ2v) is 5.15. The lowest BCUT2D eigenvalue weighted by molar-refractivity contribution is -0.137. The summed E-state index contributed by atoms with van der Waals surface area (Å²) in [4.78, 5) is 21.4. The third-order valence-corrected chi connectivity index (χ3v) is 3.59. The van der Waals surface area contributed by atoms with Crippen LogP contribution in [0.1, 0.15) is 11.3 Å². The van der Waals surface area contributed by atoms with Crippen molar-refractivity contribution in [1.82, 2.24) is 9.88 Å². The zero-order valence-corrected chi connectivity index (χ0v) is 12.7. The van der Waals surface area contributed by atoms with Gasteiger partial charge in [-0.15, -0.1) is 0 Å². The number of ether oxygens (including phenoxy) is 1. The number of nitrogens with two attached hydrogens (primary N) is 1. The number of aliphatic imine (C=N–C) groups is 1. The molecule has 23 heavy (non-hydrogen) atoms. The SMILES string of the molecule is C=C(N=C(c1[nH]ccc1N)N1CCOCC1=O)c1ccccc1. The van der Waals surface area contributed by atoms with Crippen LogP contribution < -0.4 is 5.73 Å². The summed E-state index contributed by atoms with van der Waals surface area (Å²) in [7, 11) is 0. The smallest absolute Gasteiger partial charge is 0.254 e. The van der Waals surface area contributed by atoms with Crippen LogP contribution in [0.3, 0.4) is 0 Å². The predicted molar refractivity (Wildman–Crippen MR) is 89.8 cm³/mol. The van der Waals surface area contributed by atoms with Gasteiger partial charge in [-0.2, -0.15) is 0 Å². The highest BCUT2D eigenvalue weighted by Gasteiger charge is 2.26. The molecule has 1 saturated heterocycles. The molecule has 118 valence electrons. The minimum absolute atomic E-state index is 0.0391. The van der Waals surface area contributed by atoms with Crippen molar-refractivity contribution in [2.24, 2.45) is 4.99 Å². The highest BCUT2D eigenvalue weighted by Crippen LogP contribution is 2.20. The molecule has 1 aromatic heterocycles. The summed E-state index contributed by atoms with van der Waals surface area (Å²) in [5.41, 5.74) is 8.59. The number of nitrogen functional groups attached to an aromatic ring is 1. The number of nitrogens with zero attached hydrogens (tertiary/aromatic N) is 2. The lowest BCUT2D eigenvalue weighted by Gasteiger charge is -2.28. The van der Waals surface area contributed by atoms with Crippen molar-refractivity contribution >= 4 is 23.1 Å². The van der Waals surface area contributed by atoms with E-state index in [1.807, 2.05) is 30.3 Å². The average molecular weight is 310 g/mol. The molecule has 1 aliphatic rings. The Kier molecular flexibility index (Phi) is 4.25. The van der Waals surface area contributed by atoms with E-state index in [-0.39, 0.29) is 12.5 Å². The van der Waals surface area contributed by atoms with E-state index in [9.17, 15) is 4.79 Å². The van der Waals surface area contributed by atoms with Crippen LogP contribution >= 0.6 is 0 Å². The minimum Gasteiger partial charge on any atom is -0.397 e. The monoisotopic (exact) mass is 310 g/mol. The Morgan fingerprint density at radius 3 is 2.74 bits per heavy atom. The zero-order chi connectivity index (χ0) is 16.2. The third-order valence-electron chi connectivity index (χ3n) is 3.59. The molecular weight excluding hydrogens is 292 g/mol. The molecule has 0 saturated carbocycles. The molecule has 1 aromatic carbocycles. The lowest BCUT2D eigenvalue weighted by Crippen LogP contribution is -2.46. The van der Waals surface area contributed by atoms with Crippen molar-refractivity contribution in [1.29, 1.82) is 0 Å². The van der Waals surface area contributed by atoms with E-state index in [1.54, 1.807) is 17.2 Å². The number of H-pyrrole nitrogens is 1. The molecule has 0 unspecified atom stereocenters. The van der Waals surface area contributed by atoms with E-state index in [4.69, 9.17) is 10.5 Å². The fraction of sp³-hybridized carbons (Fsp3) is 0.176. The highest BCUT2D eigenvalue weighted by molar-refractivity contribution is 6.11. The molecule has 0 radical (unpaired) electrons. The second kappa shape index (κ2) is 6.50. The summed E-state index contributed by atoms with van der Waals surface area (Å²) in [6.07, 6.45) is 1.72. The Hall–Kier alpha value is -2.86. The van der Waals surface area contributed by atoms with E-state index in [1.165, 1.54) is 0 Å². The van der Waals surface area contributed by atoms with Crippen LogP contribution in [0.5, 0.6) is 0 Å². The van der Waals surface area contributed by atoms with Gasteiger partial charge < -0.3 is 15.5 Å². The Bertz CT molecular complexity index is 749. The van der Waals surface area contributed by atoms with E-state index >= 15 is 0 Å². The maximum Gasteiger partial charge on any atom is 0.254 e. The van der Waals surface area contributed by atoms with Crippen LogP contribution in [-0.2, 0) is 9.53 Å². The molecule has 2 aromatic rings. The van der Waals surface area contributed by atoms with Crippen molar-refractivity contribution in [2.75, 3.05) is 25.5 Å². The number of nitrogens with one attached hydrogen (secondary N) is 1. The number of amides is 1. The third kappa shape index (κ3) is 3.17. The summed E-state index contributed by atoms with van der Waals surface area (Å²) < 4.78 is 5.19. The summed E-state index contributed by atoms with van der Waals surface area (Å²) >= 11 is 0. The van der Waals surface area contributed by atoms with E-state index in [0.717, 1.165) is 5.56 Å². The van der Waals surface area contributed by atoms with Gasteiger partial charge in [-0.3, -0.25) is 9.69 Å². The molecule has 6 heteroatoms. The molecule has 0 bridgehead atoms. The zero-order valence-electron chi connectivity index (χ0n) is 12.7. The fourth-order valence-corrected chi connectivity index (χ4v) is 2.39. The van der Waals surface area contributed by atoms with Gasteiger partial charge in [-0.25, -0.2) is 4.99 Å². The highest BCUT2D eigenvalue weighted by atomic mass is 16.5. The first-order valence-corrected chi connectivity index (χ1v) is 7.31. The van der Waals surface area contributed by atoms with Gasteiger partial charge in [-0.1, -0.05) is 36.9 Å². The number of rotatable bonds is 3. The number of aromatic amines is 1. The standard InChI is InChI=1S/C17H18N4O2/c1-12(13-5-3-2-4-6-13)20-17(16-14(18)7-8-19-16)21-9-10-23-11-15(21)22/h2-8,19H,1,9-11,18H2. The van der Waals surface area contributed by atoms with Crippen LogP contribution in [0.15, 0.2) is 54.2 Å². The number of carbonyl (C=O) groups is 1. The summed E-state index contributed by atoms with van der Waals surface area (Å²) in [5.74, 6) is 0.319. The van der Waals surface area contributed by atoms with Gasteiger partial charge in [-0.05, 0) is 11.6 Å². The first-order valence-electron chi connectivity index (χ1n) is 7.31. The molecule has 2 heterocycles. The van der Waals surface area contributed by atoms with Crippen LogP contribution in [0.25, 0.3) is 5.70 Å². The van der Waals surface area contributed by atoms with Crippen molar-refractivity contribution < 1.29 is 9.53 Å². The minimum atomic E-state index is -0.148. The first kappa shape index (κ1) is 15.1. The Labute approximate surface area is 134 Å². The van der Waals surface area contributed by atoms with E-state index < -0.39 is 0 Å². The Balaban J connectivity index is 2.01.